The highest BCUT2D eigenvalue weighted by molar-refractivity contribution is 7.90. The molecule has 0 radical (unpaired) electrons. The number of azide groups is 1. The van der Waals surface area contributed by atoms with Gasteiger partial charge < -0.3 is 4.43 Å². The summed E-state index contributed by atoms with van der Waals surface area (Å²) in [6.07, 6.45) is 0. The first-order valence-corrected chi connectivity index (χ1v) is 15.9. The fourth-order valence-electron chi connectivity index (χ4n) is 4.00. The Bertz CT molecular complexity index is 1290. The van der Waals surface area contributed by atoms with Crippen LogP contribution in [0.25, 0.3) is 10.4 Å². The molecule has 0 saturated heterocycles. The molecule has 0 saturated carbocycles. The van der Waals surface area contributed by atoms with Gasteiger partial charge in [0.05, 0.1) is 10.9 Å². The van der Waals surface area contributed by atoms with E-state index in [0.29, 0.717) is 16.9 Å². The third-order valence-corrected chi connectivity index (χ3v) is 13.0. The first kappa shape index (κ1) is 26.8. The molecular weight excluding hydrogens is 480 g/mol. The SMILES string of the molecule is CC(C)(C)[C@H]1c2ccccc2S(=O)(=O)N1C(=O)[C@@H](N=[N+]=[N-])c1cccc(O[Si](C)(C)C(C)(C)C)c1. The average Bonchev–Trinajstić information content (AvgIpc) is 2.98. The molecule has 1 amide bonds. The summed E-state index contributed by atoms with van der Waals surface area (Å²) in [4.78, 5) is 16.9. The van der Waals surface area contributed by atoms with E-state index in [1.165, 1.54) is 6.07 Å². The van der Waals surface area contributed by atoms with Crippen molar-refractivity contribution in [3.05, 3.63) is 70.1 Å². The smallest absolute Gasteiger partial charge is 0.267 e. The van der Waals surface area contributed by atoms with Crippen LogP contribution >= 0.6 is 0 Å². The number of benzene rings is 2. The minimum absolute atomic E-state index is 0.0433. The highest BCUT2D eigenvalue weighted by atomic mass is 32.2. The Kier molecular flexibility index (Phi) is 6.89. The maximum Gasteiger partial charge on any atom is 0.267 e. The minimum atomic E-state index is -4.13. The molecule has 0 fully saturated rings. The van der Waals surface area contributed by atoms with Gasteiger partial charge >= 0.3 is 0 Å². The zero-order chi connectivity index (χ0) is 26.4. The Balaban J connectivity index is 2.09. The molecule has 0 bridgehead atoms. The topological polar surface area (TPSA) is 112 Å². The Morgan fingerprint density at radius 3 is 2.29 bits per heavy atom. The lowest BCUT2D eigenvalue weighted by molar-refractivity contribution is -0.130. The normalized spacial score (nSPS) is 18.4. The molecule has 10 heteroatoms. The van der Waals surface area contributed by atoms with Crippen LogP contribution in [0.3, 0.4) is 0 Å². The lowest BCUT2D eigenvalue weighted by Gasteiger charge is -2.37. The number of sulfonamides is 1. The van der Waals surface area contributed by atoms with Crippen molar-refractivity contribution < 1.29 is 17.6 Å². The molecule has 188 valence electrons. The van der Waals surface area contributed by atoms with Crippen LogP contribution in [0.15, 0.2) is 58.5 Å². The van der Waals surface area contributed by atoms with Crippen LogP contribution in [-0.4, -0.2) is 26.9 Å². The van der Waals surface area contributed by atoms with Gasteiger partial charge in [-0.1, -0.05) is 77.0 Å². The first-order valence-electron chi connectivity index (χ1n) is 11.5. The molecule has 2 aromatic rings. The number of hydrogen-bond donors (Lipinski definition) is 0. The van der Waals surface area contributed by atoms with E-state index in [4.69, 9.17) is 4.43 Å². The molecule has 0 aromatic heterocycles. The van der Waals surface area contributed by atoms with Gasteiger partial charge in [-0.25, -0.2) is 12.7 Å². The summed E-state index contributed by atoms with van der Waals surface area (Å²) in [5, 5.41) is 3.71. The van der Waals surface area contributed by atoms with Gasteiger partial charge in [0.15, 0.2) is 0 Å². The Morgan fingerprint density at radius 2 is 1.71 bits per heavy atom. The summed E-state index contributed by atoms with van der Waals surface area (Å²) in [5.41, 5.74) is 9.64. The van der Waals surface area contributed by atoms with E-state index in [-0.39, 0.29) is 9.93 Å². The first-order chi connectivity index (χ1) is 16.0. The zero-order valence-electron chi connectivity index (χ0n) is 21.6. The second-order valence-corrected chi connectivity index (χ2v) is 18.0. The summed E-state index contributed by atoms with van der Waals surface area (Å²) in [7, 11) is -6.30. The van der Waals surface area contributed by atoms with Crippen LogP contribution < -0.4 is 4.43 Å². The highest BCUT2D eigenvalue weighted by Gasteiger charge is 2.51. The summed E-state index contributed by atoms with van der Waals surface area (Å²) in [6, 6.07) is 11.4. The minimum Gasteiger partial charge on any atom is -0.543 e. The molecular formula is C25H34N4O4SSi. The van der Waals surface area contributed by atoms with Gasteiger partial charge in [-0.05, 0) is 58.4 Å². The van der Waals surface area contributed by atoms with Crippen LogP contribution in [0.1, 0.15) is 64.8 Å². The van der Waals surface area contributed by atoms with Crippen molar-refractivity contribution in [2.45, 2.75) is 76.7 Å². The third-order valence-electron chi connectivity index (χ3n) is 6.78. The molecule has 1 aliphatic heterocycles. The molecule has 0 unspecified atom stereocenters. The Labute approximate surface area is 209 Å². The van der Waals surface area contributed by atoms with Crippen LogP contribution in [0, 0.1) is 5.41 Å². The van der Waals surface area contributed by atoms with Crippen molar-refractivity contribution in [3.63, 3.8) is 0 Å². The van der Waals surface area contributed by atoms with Crippen LogP contribution in [0.2, 0.25) is 18.1 Å². The number of carbonyl (C=O) groups excluding carboxylic acids is 1. The van der Waals surface area contributed by atoms with E-state index in [2.05, 4.69) is 43.9 Å². The number of rotatable bonds is 5. The molecule has 3 rings (SSSR count). The molecule has 0 aliphatic carbocycles. The fourth-order valence-corrected chi connectivity index (χ4v) is 7.01. The lowest BCUT2D eigenvalue weighted by Crippen LogP contribution is -2.44. The van der Waals surface area contributed by atoms with E-state index in [9.17, 15) is 18.7 Å². The summed E-state index contributed by atoms with van der Waals surface area (Å²) < 4.78 is 34.3. The Hall–Kier alpha value is -2.81. The standard InChI is InChI=1S/C25H34N4O4SSi/c1-24(2,3)22-19-14-9-10-15-20(19)34(31,32)29(22)23(30)21(27-28-26)17-12-11-13-18(16-17)33-35(7,8)25(4,5)6/h9-16,21-22H,1-8H3/t21-,22+/m0/s1. The van der Waals surface area contributed by atoms with Crippen molar-refractivity contribution in [3.8, 4) is 5.75 Å². The molecule has 35 heavy (non-hydrogen) atoms. The van der Waals surface area contributed by atoms with Crippen molar-refractivity contribution in [2.24, 2.45) is 10.5 Å². The zero-order valence-corrected chi connectivity index (χ0v) is 23.4. The predicted octanol–water partition coefficient (Wildman–Crippen LogP) is 6.74. The van der Waals surface area contributed by atoms with Gasteiger partial charge in [0.2, 0.25) is 14.2 Å². The number of fused-ring (bicyclic) bond motifs is 1. The average molecular weight is 515 g/mol. The third kappa shape index (κ3) is 4.96. The molecule has 2 atom stereocenters. The van der Waals surface area contributed by atoms with E-state index in [0.717, 1.165) is 4.31 Å². The van der Waals surface area contributed by atoms with Crippen LogP contribution in [-0.2, 0) is 14.8 Å². The van der Waals surface area contributed by atoms with E-state index in [1.807, 2.05) is 20.8 Å². The molecule has 0 N–H and O–H groups in total. The number of amides is 1. The predicted molar refractivity (Wildman–Crippen MR) is 139 cm³/mol. The summed E-state index contributed by atoms with van der Waals surface area (Å²) in [5.74, 6) is -0.233. The van der Waals surface area contributed by atoms with Gasteiger partial charge in [0.1, 0.15) is 11.8 Å². The van der Waals surface area contributed by atoms with Crippen molar-refractivity contribution in [2.75, 3.05) is 0 Å². The van der Waals surface area contributed by atoms with Gasteiger partial charge in [-0.2, -0.15) is 0 Å². The van der Waals surface area contributed by atoms with Gasteiger partial charge in [0.25, 0.3) is 10.0 Å². The van der Waals surface area contributed by atoms with Gasteiger partial charge in [-0.15, -0.1) is 0 Å². The van der Waals surface area contributed by atoms with Gasteiger partial charge in [-0.3, -0.25) is 4.79 Å². The van der Waals surface area contributed by atoms with E-state index >= 15 is 0 Å². The number of carbonyl (C=O) groups is 1. The second-order valence-electron chi connectivity index (χ2n) is 11.5. The van der Waals surface area contributed by atoms with E-state index < -0.39 is 41.7 Å². The highest BCUT2D eigenvalue weighted by Crippen LogP contribution is 2.50. The quantitative estimate of drug-likeness (QED) is 0.190. The lowest BCUT2D eigenvalue weighted by atomic mass is 9.82. The van der Waals surface area contributed by atoms with Crippen molar-refractivity contribution in [1.82, 2.24) is 4.31 Å². The monoisotopic (exact) mass is 514 g/mol. The molecule has 1 aliphatic rings. The second kappa shape index (κ2) is 9.00. The summed E-state index contributed by atoms with van der Waals surface area (Å²) >= 11 is 0. The fraction of sp³-hybridized carbons (Fsp3) is 0.480. The Morgan fingerprint density at radius 1 is 1.09 bits per heavy atom. The van der Waals surface area contributed by atoms with E-state index in [1.54, 1.807) is 42.5 Å². The molecule has 8 nitrogen and oxygen atoms in total. The van der Waals surface area contributed by atoms with Gasteiger partial charge in [0, 0.05) is 4.91 Å². The van der Waals surface area contributed by atoms with Crippen molar-refractivity contribution in [1.29, 1.82) is 0 Å². The number of hydrogen-bond acceptors (Lipinski definition) is 5. The van der Waals surface area contributed by atoms with Crippen LogP contribution in [0.5, 0.6) is 5.75 Å². The number of nitrogens with zero attached hydrogens (tertiary/aromatic N) is 4. The largest absolute Gasteiger partial charge is 0.543 e. The maximum absolute atomic E-state index is 13.9. The van der Waals surface area contributed by atoms with Crippen LogP contribution in [0.4, 0.5) is 0 Å². The molecule has 1 heterocycles. The van der Waals surface area contributed by atoms with Crippen molar-refractivity contribution >= 4 is 24.2 Å². The summed E-state index contributed by atoms with van der Waals surface area (Å²) in [6.45, 7) is 16.2. The molecule has 0 spiro atoms. The maximum atomic E-state index is 13.9. The molecule has 2 aromatic carbocycles.